The topological polar surface area (TPSA) is 57.4 Å². The van der Waals surface area contributed by atoms with Gasteiger partial charge in [-0.25, -0.2) is 4.79 Å². The normalized spacial score (nSPS) is 10.2. The van der Waals surface area contributed by atoms with Crippen molar-refractivity contribution < 1.29 is 9.47 Å². The average molecular weight is 377 g/mol. The van der Waals surface area contributed by atoms with E-state index in [1.54, 1.807) is 28.5 Å². The summed E-state index contributed by atoms with van der Waals surface area (Å²) < 4.78 is 14.3. The Labute approximate surface area is 164 Å². The molecule has 0 spiro atoms. The Bertz CT molecular complexity index is 1010. The molecule has 0 atom stereocenters. The summed E-state index contributed by atoms with van der Waals surface area (Å²) in [6.45, 7) is 3.49. The Balaban J connectivity index is 1.74. The lowest BCUT2D eigenvalue weighted by Gasteiger charge is -2.07. The highest BCUT2D eigenvalue weighted by Crippen LogP contribution is 2.16. The van der Waals surface area contributed by atoms with Crippen LogP contribution >= 0.6 is 0 Å². The van der Waals surface area contributed by atoms with Crippen molar-refractivity contribution in [3.63, 3.8) is 0 Å². The van der Waals surface area contributed by atoms with E-state index in [1.165, 1.54) is 0 Å². The summed E-state index contributed by atoms with van der Waals surface area (Å²) in [6.07, 6.45) is 3.50. The lowest BCUT2D eigenvalue weighted by atomic mass is 10.3. The first-order valence-corrected chi connectivity index (χ1v) is 9.03. The maximum absolute atomic E-state index is 12.8. The van der Waals surface area contributed by atoms with E-state index in [9.17, 15) is 4.79 Å². The SMILES string of the molecule is CC#CCOc1ccc(-n2ccn(-c3ccc(OCCNC)cc3)c2=O)cc1. The van der Waals surface area contributed by atoms with E-state index < -0.39 is 0 Å². The monoisotopic (exact) mass is 377 g/mol. The summed E-state index contributed by atoms with van der Waals surface area (Å²) in [6, 6.07) is 14.8. The van der Waals surface area contributed by atoms with Gasteiger partial charge in [-0.05, 0) is 62.5 Å². The molecule has 1 aromatic heterocycles. The zero-order valence-electron chi connectivity index (χ0n) is 16.0. The Morgan fingerprint density at radius 2 is 1.43 bits per heavy atom. The molecule has 0 unspecified atom stereocenters. The molecule has 6 nitrogen and oxygen atoms in total. The Hall–Kier alpha value is -3.43. The van der Waals surface area contributed by atoms with Crippen LogP contribution in [-0.4, -0.2) is 35.9 Å². The average Bonchev–Trinajstić information content (AvgIpc) is 3.11. The van der Waals surface area contributed by atoms with Crippen LogP contribution in [0.1, 0.15) is 6.92 Å². The van der Waals surface area contributed by atoms with Gasteiger partial charge in [-0.15, -0.1) is 5.92 Å². The molecule has 6 heteroatoms. The van der Waals surface area contributed by atoms with Crippen LogP contribution in [0.25, 0.3) is 11.4 Å². The summed E-state index contributed by atoms with van der Waals surface area (Å²) in [5.74, 6) is 7.12. The highest BCUT2D eigenvalue weighted by Gasteiger charge is 2.08. The number of hydrogen-bond acceptors (Lipinski definition) is 4. The lowest BCUT2D eigenvalue weighted by Crippen LogP contribution is -2.21. The number of imidazole rings is 1. The minimum absolute atomic E-state index is 0.144. The molecule has 0 saturated carbocycles. The molecular formula is C22H23N3O3. The fraction of sp³-hybridized carbons (Fsp3) is 0.227. The minimum atomic E-state index is -0.144. The van der Waals surface area contributed by atoms with Crippen molar-refractivity contribution in [3.05, 3.63) is 71.4 Å². The number of nitrogens with one attached hydrogen (secondary N) is 1. The predicted octanol–water partition coefficient (Wildman–Crippen LogP) is 2.63. The van der Waals surface area contributed by atoms with E-state index in [4.69, 9.17) is 9.47 Å². The molecule has 0 aliphatic heterocycles. The van der Waals surface area contributed by atoms with Crippen LogP contribution in [0.5, 0.6) is 11.5 Å². The molecular weight excluding hydrogens is 354 g/mol. The first-order chi connectivity index (χ1) is 13.7. The van der Waals surface area contributed by atoms with Gasteiger partial charge in [0.2, 0.25) is 0 Å². The summed E-state index contributed by atoms with van der Waals surface area (Å²) in [4.78, 5) is 12.8. The van der Waals surface area contributed by atoms with Crippen molar-refractivity contribution in [2.24, 2.45) is 0 Å². The molecule has 0 bridgehead atoms. The van der Waals surface area contributed by atoms with Gasteiger partial charge in [-0.3, -0.25) is 9.13 Å². The largest absolute Gasteiger partial charge is 0.492 e. The third-order valence-corrected chi connectivity index (χ3v) is 4.12. The first-order valence-electron chi connectivity index (χ1n) is 9.03. The summed E-state index contributed by atoms with van der Waals surface area (Å²) in [5, 5.41) is 3.03. The van der Waals surface area contributed by atoms with E-state index in [-0.39, 0.29) is 5.69 Å². The molecule has 28 heavy (non-hydrogen) atoms. The van der Waals surface area contributed by atoms with Crippen molar-refractivity contribution >= 4 is 0 Å². The Kier molecular flexibility index (Phi) is 6.55. The maximum Gasteiger partial charge on any atom is 0.337 e. The second-order valence-corrected chi connectivity index (χ2v) is 5.98. The van der Waals surface area contributed by atoms with Gasteiger partial charge < -0.3 is 14.8 Å². The van der Waals surface area contributed by atoms with Crippen molar-refractivity contribution in [3.8, 4) is 34.7 Å². The van der Waals surface area contributed by atoms with Gasteiger partial charge in [0.25, 0.3) is 0 Å². The standard InChI is InChI=1S/C22H23N3O3/c1-3-4-16-27-20-9-5-18(6-10-20)24-14-15-25(22(24)26)19-7-11-21(12-8-19)28-17-13-23-2/h5-12,14-15,23H,13,16-17H2,1-2H3. The quantitative estimate of drug-likeness (QED) is 0.484. The number of ether oxygens (including phenoxy) is 2. The van der Waals surface area contributed by atoms with Gasteiger partial charge in [0.15, 0.2) is 0 Å². The number of likely N-dealkylation sites (N-methyl/N-ethyl adjacent to an activating group) is 1. The van der Waals surface area contributed by atoms with E-state index in [1.807, 2.05) is 55.6 Å². The fourth-order valence-corrected chi connectivity index (χ4v) is 2.64. The number of benzene rings is 2. The van der Waals surface area contributed by atoms with E-state index in [0.29, 0.717) is 19.0 Å². The van der Waals surface area contributed by atoms with Crippen LogP contribution < -0.4 is 20.5 Å². The van der Waals surface area contributed by atoms with Crippen LogP contribution in [0.2, 0.25) is 0 Å². The van der Waals surface area contributed by atoms with Gasteiger partial charge in [0.1, 0.15) is 24.7 Å². The van der Waals surface area contributed by atoms with E-state index >= 15 is 0 Å². The molecule has 1 heterocycles. The van der Waals surface area contributed by atoms with Crippen molar-refractivity contribution in [2.75, 3.05) is 26.8 Å². The first kappa shape index (κ1) is 19.3. The van der Waals surface area contributed by atoms with E-state index in [0.717, 1.165) is 23.7 Å². The van der Waals surface area contributed by atoms with Gasteiger partial charge >= 0.3 is 5.69 Å². The molecule has 0 radical (unpaired) electrons. The van der Waals surface area contributed by atoms with Crippen LogP contribution in [0, 0.1) is 11.8 Å². The number of hydrogen-bond donors (Lipinski definition) is 1. The van der Waals surface area contributed by atoms with Crippen LogP contribution in [0.15, 0.2) is 65.7 Å². The van der Waals surface area contributed by atoms with Gasteiger partial charge in [-0.1, -0.05) is 5.92 Å². The molecule has 0 fully saturated rings. The molecule has 3 rings (SSSR count). The smallest absolute Gasteiger partial charge is 0.337 e. The summed E-state index contributed by atoms with van der Waals surface area (Å²) in [5.41, 5.74) is 1.40. The van der Waals surface area contributed by atoms with Crippen LogP contribution in [0.3, 0.4) is 0 Å². The molecule has 0 saturated heterocycles. The molecule has 144 valence electrons. The van der Waals surface area contributed by atoms with Gasteiger partial charge in [0.05, 0.1) is 11.4 Å². The third kappa shape index (κ3) is 4.64. The second kappa shape index (κ2) is 9.49. The van der Waals surface area contributed by atoms with Crippen molar-refractivity contribution in [1.29, 1.82) is 0 Å². The lowest BCUT2D eigenvalue weighted by molar-refractivity contribution is 0.318. The molecule has 3 aromatic rings. The van der Waals surface area contributed by atoms with Crippen LogP contribution in [-0.2, 0) is 0 Å². The Morgan fingerprint density at radius 3 is 1.93 bits per heavy atom. The van der Waals surface area contributed by atoms with Crippen molar-refractivity contribution in [2.45, 2.75) is 6.92 Å². The van der Waals surface area contributed by atoms with E-state index in [2.05, 4.69) is 17.2 Å². The zero-order valence-corrected chi connectivity index (χ0v) is 16.0. The van der Waals surface area contributed by atoms with Gasteiger partial charge in [0, 0.05) is 18.9 Å². The minimum Gasteiger partial charge on any atom is -0.492 e. The van der Waals surface area contributed by atoms with Crippen LogP contribution in [0.4, 0.5) is 0 Å². The molecule has 2 aromatic carbocycles. The van der Waals surface area contributed by atoms with Gasteiger partial charge in [-0.2, -0.15) is 0 Å². The second-order valence-electron chi connectivity index (χ2n) is 5.98. The molecule has 1 N–H and O–H groups in total. The Morgan fingerprint density at radius 1 is 0.893 bits per heavy atom. The highest BCUT2D eigenvalue weighted by atomic mass is 16.5. The number of aromatic nitrogens is 2. The fourth-order valence-electron chi connectivity index (χ4n) is 2.64. The third-order valence-electron chi connectivity index (χ3n) is 4.12. The highest BCUT2D eigenvalue weighted by molar-refractivity contribution is 5.40. The molecule has 0 aliphatic carbocycles. The zero-order chi connectivity index (χ0) is 19.8. The maximum atomic E-state index is 12.8. The predicted molar refractivity (Wildman–Crippen MR) is 110 cm³/mol. The summed E-state index contributed by atoms with van der Waals surface area (Å²) in [7, 11) is 1.88. The number of nitrogens with zero attached hydrogens (tertiary/aromatic N) is 2. The molecule has 0 aliphatic rings. The molecule has 0 amide bonds. The summed E-state index contributed by atoms with van der Waals surface area (Å²) >= 11 is 0. The van der Waals surface area contributed by atoms with Crippen molar-refractivity contribution in [1.82, 2.24) is 14.5 Å². The number of rotatable bonds is 8.